The molecule has 1 rings (SSSR count). The van der Waals surface area contributed by atoms with Crippen LogP contribution in [0.4, 0.5) is 0 Å². The van der Waals surface area contributed by atoms with Crippen LogP contribution in [0.15, 0.2) is 0 Å². The summed E-state index contributed by atoms with van der Waals surface area (Å²) in [4.78, 5) is 24.4. The van der Waals surface area contributed by atoms with Crippen LogP contribution >= 0.6 is 0 Å². The molecular formula is C10H17NO3. The molecule has 0 amide bonds. The average molecular weight is 199 g/mol. The minimum atomic E-state index is -0.406. The summed E-state index contributed by atoms with van der Waals surface area (Å²) in [6.45, 7) is 4.45. The molecule has 0 aromatic carbocycles. The average Bonchev–Trinajstić information content (AvgIpc) is 2.56. The van der Waals surface area contributed by atoms with Gasteiger partial charge in [0, 0.05) is 0 Å². The van der Waals surface area contributed by atoms with Crippen LogP contribution in [0, 0.1) is 0 Å². The van der Waals surface area contributed by atoms with Gasteiger partial charge in [-0.15, -0.1) is 0 Å². The Bertz CT molecular complexity index is 209. The molecule has 4 nitrogen and oxygen atoms in total. The van der Waals surface area contributed by atoms with Crippen molar-refractivity contribution in [2.45, 2.75) is 26.2 Å². The number of hydrogen-bond donors (Lipinski definition) is 0. The summed E-state index contributed by atoms with van der Waals surface area (Å²) in [5, 5.41) is 0. The molecule has 0 aromatic rings. The number of likely N-dealkylation sites (tertiary alicyclic amines) is 1. The third-order valence-electron chi connectivity index (χ3n) is 2.25. The van der Waals surface area contributed by atoms with Crippen LogP contribution in [-0.4, -0.2) is 42.9 Å². The molecule has 1 aliphatic rings. The molecule has 0 atom stereocenters. The molecule has 1 aliphatic heterocycles. The summed E-state index contributed by atoms with van der Waals surface area (Å²) in [6.07, 6.45) is 2.24. The lowest BCUT2D eigenvalue weighted by molar-refractivity contribution is -0.145. The molecular weight excluding hydrogens is 182 g/mol. The van der Waals surface area contributed by atoms with Crippen LogP contribution in [0.2, 0.25) is 0 Å². The monoisotopic (exact) mass is 199 g/mol. The fraction of sp³-hybridized carbons (Fsp3) is 0.800. The van der Waals surface area contributed by atoms with E-state index >= 15 is 0 Å². The largest absolute Gasteiger partial charge is 0.466 e. The van der Waals surface area contributed by atoms with Gasteiger partial charge in [0.1, 0.15) is 6.42 Å². The fourth-order valence-corrected chi connectivity index (χ4v) is 1.62. The first-order chi connectivity index (χ1) is 6.72. The maximum Gasteiger partial charge on any atom is 0.313 e. The van der Waals surface area contributed by atoms with Gasteiger partial charge in [-0.3, -0.25) is 14.5 Å². The molecule has 0 bridgehead atoms. The van der Waals surface area contributed by atoms with Gasteiger partial charge in [0.15, 0.2) is 5.78 Å². The Hall–Kier alpha value is -0.900. The number of ether oxygens (including phenoxy) is 1. The Kier molecular flexibility index (Phi) is 4.59. The van der Waals surface area contributed by atoms with Crippen molar-refractivity contribution in [2.75, 3.05) is 26.2 Å². The topological polar surface area (TPSA) is 46.6 Å². The molecule has 80 valence electrons. The second-order valence-corrected chi connectivity index (χ2v) is 3.50. The van der Waals surface area contributed by atoms with Crippen molar-refractivity contribution in [3.8, 4) is 0 Å². The van der Waals surface area contributed by atoms with Crippen LogP contribution < -0.4 is 0 Å². The van der Waals surface area contributed by atoms with Crippen LogP contribution in [0.1, 0.15) is 26.2 Å². The Labute approximate surface area is 84.2 Å². The van der Waals surface area contributed by atoms with Crippen molar-refractivity contribution in [1.82, 2.24) is 4.90 Å². The fourth-order valence-electron chi connectivity index (χ4n) is 1.62. The number of carbonyl (C=O) groups is 2. The molecule has 0 N–H and O–H groups in total. The van der Waals surface area contributed by atoms with Gasteiger partial charge in [0.05, 0.1) is 13.2 Å². The molecule has 0 saturated carbocycles. The summed E-state index contributed by atoms with van der Waals surface area (Å²) in [5.41, 5.74) is 0. The second-order valence-electron chi connectivity index (χ2n) is 3.50. The predicted molar refractivity (Wildman–Crippen MR) is 51.9 cm³/mol. The normalized spacial score (nSPS) is 16.9. The minimum absolute atomic E-state index is 0.0367. The van der Waals surface area contributed by atoms with Crippen LogP contribution in [0.5, 0.6) is 0 Å². The van der Waals surface area contributed by atoms with Gasteiger partial charge in [0.25, 0.3) is 0 Å². The molecule has 1 fully saturated rings. The number of nitrogens with zero attached hydrogens (tertiary/aromatic N) is 1. The summed E-state index contributed by atoms with van der Waals surface area (Å²) < 4.78 is 4.70. The third-order valence-corrected chi connectivity index (χ3v) is 2.25. The van der Waals surface area contributed by atoms with Gasteiger partial charge < -0.3 is 4.74 Å². The predicted octanol–water partition coefficient (Wildman–Crippen LogP) is 0.605. The Balaban J connectivity index is 2.17. The quantitative estimate of drug-likeness (QED) is 0.480. The highest BCUT2D eigenvalue weighted by molar-refractivity contribution is 5.96. The van der Waals surface area contributed by atoms with Gasteiger partial charge >= 0.3 is 5.97 Å². The van der Waals surface area contributed by atoms with Gasteiger partial charge in [-0.1, -0.05) is 0 Å². The van der Waals surface area contributed by atoms with Crippen LogP contribution in [-0.2, 0) is 14.3 Å². The maximum atomic E-state index is 11.3. The second kappa shape index (κ2) is 5.75. The van der Waals surface area contributed by atoms with E-state index in [9.17, 15) is 9.59 Å². The van der Waals surface area contributed by atoms with E-state index in [0.29, 0.717) is 13.2 Å². The van der Waals surface area contributed by atoms with Crippen molar-refractivity contribution in [1.29, 1.82) is 0 Å². The van der Waals surface area contributed by atoms with E-state index in [0.717, 1.165) is 25.9 Å². The van der Waals surface area contributed by atoms with Gasteiger partial charge in [-0.2, -0.15) is 0 Å². The van der Waals surface area contributed by atoms with E-state index in [1.165, 1.54) is 0 Å². The Morgan fingerprint density at radius 1 is 1.29 bits per heavy atom. The number of carbonyl (C=O) groups excluding carboxylic acids is 2. The van der Waals surface area contributed by atoms with Crippen molar-refractivity contribution < 1.29 is 14.3 Å². The molecule has 4 heteroatoms. The van der Waals surface area contributed by atoms with Crippen molar-refractivity contribution >= 4 is 11.8 Å². The zero-order chi connectivity index (χ0) is 10.4. The van der Waals surface area contributed by atoms with E-state index in [2.05, 4.69) is 4.90 Å². The van der Waals surface area contributed by atoms with Crippen LogP contribution in [0.3, 0.4) is 0 Å². The number of ketones is 1. The highest BCUT2D eigenvalue weighted by Crippen LogP contribution is 2.07. The van der Waals surface area contributed by atoms with E-state index in [-0.39, 0.29) is 12.2 Å². The zero-order valence-corrected chi connectivity index (χ0v) is 8.62. The number of hydrogen-bond acceptors (Lipinski definition) is 4. The molecule has 0 unspecified atom stereocenters. The van der Waals surface area contributed by atoms with Crippen LogP contribution in [0.25, 0.3) is 0 Å². The summed E-state index contributed by atoms with van der Waals surface area (Å²) in [6, 6.07) is 0. The Morgan fingerprint density at radius 3 is 2.50 bits per heavy atom. The summed E-state index contributed by atoms with van der Waals surface area (Å²) in [7, 11) is 0. The summed E-state index contributed by atoms with van der Waals surface area (Å²) in [5.74, 6) is -0.443. The van der Waals surface area contributed by atoms with Crippen molar-refractivity contribution in [3.63, 3.8) is 0 Å². The number of Topliss-reactive ketones (excluding diaryl/α,β-unsaturated/α-hetero) is 1. The number of rotatable bonds is 5. The molecule has 0 aliphatic carbocycles. The highest BCUT2D eigenvalue weighted by atomic mass is 16.5. The first-order valence-electron chi connectivity index (χ1n) is 5.12. The Morgan fingerprint density at radius 2 is 1.93 bits per heavy atom. The standard InChI is InChI=1S/C10H17NO3/c1-2-14-10(13)7-9(12)8-11-5-3-4-6-11/h2-8H2,1H3. The minimum Gasteiger partial charge on any atom is -0.466 e. The number of esters is 1. The van der Waals surface area contributed by atoms with E-state index in [1.807, 2.05) is 0 Å². The van der Waals surface area contributed by atoms with Crippen molar-refractivity contribution in [2.24, 2.45) is 0 Å². The first kappa shape index (κ1) is 11.2. The van der Waals surface area contributed by atoms with E-state index in [1.54, 1.807) is 6.92 Å². The lowest BCUT2D eigenvalue weighted by atomic mass is 10.3. The molecule has 14 heavy (non-hydrogen) atoms. The van der Waals surface area contributed by atoms with E-state index in [4.69, 9.17) is 4.74 Å². The molecule has 0 radical (unpaired) electrons. The third kappa shape index (κ3) is 3.87. The highest BCUT2D eigenvalue weighted by Gasteiger charge is 2.17. The SMILES string of the molecule is CCOC(=O)CC(=O)CN1CCCC1. The maximum absolute atomic E-state index is 11.3. The lowest BCUT2D eigenvalue weighted by Crippen LogP contribution is -2.28. The molecule has 1 heterocycles. The zero-order valence-electron chi connectivity index (χ0n) is 8.62. The van der Waals surface area contributed by atoms with Crippen molar-refractivity contribution in [3.05, 3.63) is 0 Å². The lowest BCUT2D eigenvalue weighted by Gasteiger charge is -2.12. The smallest absolute Gasteiger partial charge is 0.313 e. The molecule has 1 saturated heterocycles. The van der Waals surface area contributed by atoms with Gasteiger partial charge in [-0.25, -0.2) is 0 Å². The molecule has 0 spiro atoms. The van der Waals surface area contributed by atoms with E-state index < -0.39 is 5.97 Å². The molecule has 0 aromatic heterocycles. The van der Waals surface area contributed by atoms with Gasteiger partial charge in [-0.05, 0) is 32.9 Å². The summed E-state index contributed by atoms with van der Waals surface area (Å²) >= 11 is 0. The van der Waals surface area contributed by atoms with Gasteiger partial charge in [0.2, 0.25) is 0 Å². The first-order valence-corrected chi connectivity index (χ1v) is 5.12.